The Morgan fingerprint density at radius 2 is 1.50 bits per heavy atom. The third-order valence-electron chi connectivity index (χ3n) is 4.54. The van der Waals surface area contributed by atoms with Gasteiger partial charge < -0.3 is 4.42 Å². The van der Waals surface area contributed by atoms with E-state index >= 15 is 0 Å². The minimum Gasteiger partial charge on any atom is -0.455 e. The lowest BCUT2D eigenvalue weighted by Crippen LogP contribution is -1.79. The van der Waals surface area contributed by atoms with Gasteiger partial charge in [-0.25, -0.2) is 0 Å². The largest absolute Gasteiger partial charge is 0.455 e. The van der Waals surface area contributed by atoms with E-state index in [1.54, 1.807) is 0 Å². The topological polar surface area (TPSA) is 13.1 Å². The lowest BCUT2D eigenvalue weighted by molar-refractivity contribution is 0.673. The molecule has 0 atom stereocenters. The maximum atomic E-state index is 6.24. The third kappa shape index (κ3) is 2.00. The van der Waals surface area contributed by atoms with Crippen LogP contribution >= 0.6 is 15.9 Å². The van der Waals surface area contributed by atoms with Crippen LogP contribution in [0.1, 0.15) is 0 Å². The number of hydrogen-bond donors (Lipinski definition) is 0. The Hall–Kier alpha value is -2.58. The molecule has 0 aliphatic carbocycles. The first-order chi connectivity index (χ1) is 11.8. The maximum absolute atomic E-state index is 6.24. The minimum atomic E-state index is 0.932. The minimum absolute atomic E-state index is 0.932. The Morgan fingerprint density at radius 1 is 0.667 bits per heavy atom. The van der Waals surface area contributed by atoms with Crippen LogP contribution in [0.5, 0.6) is 0 Å². The van der Waals surface area contributed by atoms with Crippen LogP contribution in [0.15, 0.2) is 87.8 Å². The predicted molar refractivity (Wildman–Crippen MR) is 104 cm³/mol. The van der Waals surface area contributed by atoms with E-state index in [2.05, 4.69) is 88.7 Å². The first kappa shape index (κ1) is 13.8. The van der Waals surface area contributed by atoms with E-state index in [0.29, 0.717) is 0 Å². The fourth-order valence-electron chi connectivity index (χ4n) is 3.42. The molecule has 2 heteroatoms. The van der Waals surface area contributed by atoms with Gasteiger partial charge >= 0.3 is 0 Å². The second kappa shape index (κ2) is 5.22. The molecule has 0 saturated heterocycles. The van der Waals surface area contributed by atoms with Crippen LogP contribution < -0.4 is 0 Å². The molecule has 1 aromatic heterocycles. The summed E-state index contributed by atoms with van der Waals surface area (Å²) in [6.45, 7) is 0. The Kier molecular flexibility index (Phi) is 3.00. The van der Waals surface area contributed by atoms with Gasteiger partial charge in [-0.3, -0.25) is 0 Å². The molecule has 5 aromatic rings. The Balaban J connectivity index is 1.92. The molecule has 0 aliphatic heterocycles. The molecule has 0 radical (unpaired) electrons. The van der Waals surface area contributed by atoms with Crippen molar-refractivity contribution in [2.24, 2.45) is 0 Å². The molecular weight excluding hydrogens is 360 g/mol. The molecule has 0 N–H and O–H groups in total. The molecule has 0 spiro atoms. The van der Waals surface area contributed by atoms with Gasteiger partial charge in [0, 0.05) is 20.6 Å². The molecule has 5 rings (SSSR count). The van der Waals surface area contributed by atoms with Gasteiger partial charge in [0.1, 0.15) is 11.2 Å². The van der Waals surface area contributed by atoms with Crippen molar-refractivity contribution in [1.29, 1.82) is 0 Å². The second-order valence-corrected chi connectivity index (χ2v) is 6.87. The third-order valence-corrected chi connectivity index (χ3v) is 5.07. The summed E-state index contributed by atoms with van der Waals surface area (Å²) in [6.07, 6.45) is 0. The zero-order valence-electron chi connectivity index (χ0n) is 12.8. The smallest absolute Gasteiger partial charge is 0.143 e. The molecule has 0 amide bonds. The van der Waals surface area contributed by atoms with E-state index < -0.39 is 0 Å². The molecular formula is C22H13BrO. The second-order valence-electron chi connectivity index (χ2n) is 5.95. The molecule has 0 fully saturated rings. The van der Waals surface area contributed by atoms with Crippen LogP contribution in [0.25, 0.3) is 43.8 Å². The summed E-state index contributed by atoms with van der Waals surface area (Å²) in [6, 6.07) is 27.4. The average molecular weight is 373 g/mol. The van der Waals surface area contributed by atoms with Gasteiger partial charge in [0.25, 0.3) is 0 Å². The zero-order chi connectivity index (χ0) is 16.1. The molecule has 0 bridgehead atoms. The van der Waals surface area contributed by atoms with Gasteiger partial charge in [0.05, 0.1) is 0 Å². The lowest BCUT2D eigenvalue weighted by Gasteiger charge is -2.04. The fraction of sp³-hybridized carbons (Fsp3) is 0. The maximum Gasteiger partial charge on any atom is 0.143 e. The van der Waals surface area contributed by atoms with Gasteiger partial charge in [-0.05, 0) is 40.8 Å². The molecule has 0 saturated carbocycles. The van der Waals surface area contributed by atoms with Crippen molar-refractivity contribution in [3.05, 3.63) is 83.3 Å². The summed E-state index contributed by atoms with van der Waals surface area (Å²) in [7, 11) is 0. The number of rotatable bonds is 1. The summed E-state index contributed by atoms with van der Waals surface area (Å²) in [5, 5.41) is 4.71. The van der Waals surface area contributed by atoms with Crippen molar-refractivity contribution in [3.8, 4) is 11.1 Å². The summed E-state index contributed by atoms with van der Waals surface area (Å²) in [5.74, 6) is 0. The first-order valence-electron chi connectivity index (χ1n) is 7.90. The first-order valence-corrected chi connectivity index (χ1v) is 8.69. The van der Waals surface area contributed by atoms with Gasteiger partial charge in [-0.15, -0.1) is 0 Å². The van der Waals surface area contributed by atoms with Crippen molar-refractivity contribution in [1.82, 2.24) is 0 Å². The highest BCUT2D eigenvalue weighted by atomic mass is 79.9. The van der Waals surface area contributed by atoms with E-state index in [4.69, 9.17) is 4.42 Å². The molecule has 114 valence electrons. The predicted octanol–water partition coefficient (Wildman–Crippen LogP) is 7.17. The molecule has 0 aliphatic rings. The quantitative estimate of drug-likeness (QED) is 0.304. The molecule has 1 nitrogen and oxygen atoms in total. The summed E-state index contributed by atoms with van der Waals surface area (Å²) in [4.78, 5) is 0. The van der Waals surface area contributed by atoms with Crippen molar-refractivity contribution in [3.63, 3.8) is 0 Å². The van der Waals surface area contributed by atoms with Crippen molar-refractivity contribution >= 4 is 48.6 Å². The highest BCUT2D eigenvalue weighted by molar-refractivity contribution is 9.10. The molecule has 0 unspecified atom stereocenters. The fourth-order valence-corrected chi connectivity index (χ4v) is 3.69. The van der Waals surface area contributed by atoms with Crippen LogP contribution in [0.3, 0.4) is 0 Å². The SMILES string of the molecule is Brc1ccc(-c2cccc3oc4c5ccccc5ccc4c23)cc1. The Labute approximate surface area is 147 Å². The number of furan rings is 1. The van der Waals surface area contributed by atoms with Crippen LogP contribution in [0.2, 0.25) is 0 Å². The van der Waals surface area contributed by atoms with E-state index in [1.165, 1.54) is 27.3 Å². The summed E-state index contributed by atoms with van der Waals surface area (Å²) < 4.78 is 7.33. The van der Waals surface area contributed by atoms with Gasteiger partial charge in [-0.1, -0.05) is 70.5 Å². The van der Waals surface area contributed by atoms with Crippen molar-refractivity contribution < 1.29 is 4.42 Å². The van der Waals surface area contributed by atoms with Crippen molar-refractivity contribution in [2.45, 2.75) is 0 Å². The van der Waals surface area contributed by atoms with Gasteiger partial charge in [0.15, 0.2) is 0 Å². The Morgan fingerprint density at radius 3 is 2.38 bits per heavy atom. The van der Waals surface area contributed by atoms with Crippen LogP contribution in [-0.2, 0) is 0 Å². The highest BCUT2D eigenvalue weighted by Crippen LogP contribution is 2.39. The van der Waals surface area contributed by atoms with Crippen LogP contribution in [0, 0.1) is 0 Å². The van der Waals surface area contributed by atoms with Crippen LogP contribution in [0.4, 0.5) is 0 Å². The number of hydrogen-bond acceptors (Lipinski definition) is 1. The summed E-state index contributed by atoms with van der Waals surface area (Å²) in [5.41, 5.74) is 4.29. The van der Waals surface area contributed by atoms with E-state index in [1.807, 2.05) is 6.07 Å². The molecule has 24 heavy (non-hydrogen) atoms. The standard InChI is InChI=1S/C22H13BrO/c23-16-11-8-15(9-12-16)17-6-3-7-20-21(17)19-13-10-14-4-1-2-5-18(14)22(19)24-20/h1-13H. The number of benzene rings is 4. The van der Waals surface area contributed by atoms with Gasteiger partial charge in [-0.2, -0.15) is 0 Å². The monoisotopic (exact) mass is 372 g/mol. The number of halogens is 1. The number of fused-ring (bicyclic) bond motifs is 5. The van der Waals surface area contributed by atoms with Gasteiger partial charge in [0.2, 0.25) is 0 Å². The van der Waals surface area contributed by atoms with E-state index in [-0.39, 0.29) is 0 Å². The highest BCUT2D eigenvalue weighted by Gasteiger charge is 2.14. The normalized spacial score (nSPS) is 11.5. The summed E-state index contributed by atoms with van der Waals surface area (Å²) >= 11 is 3.51. The average Bonchev–Trinajstić information content (AvgIpc) is 3.02. The zero-order valence-corrected chi connectivity index (χ0v) is 14.4. The molecule has 4 aromatic carbocycles. The van der Waals surface area contributed by atoms with E-state index in [9.17, 15) is 0 Å². The van der Waals surface area contributed by atoms with Crippen LogP contribution in [-0.4, -0.2) is 0 Å². The Bertz CT molecular complexity index is 1200. The lowest BCUT2D eigenvalue weighted by atomic mass is 9.98. The molecule has 1 heterocycles. The van der Waals surface area contributed by atoms with E-state index in [0.717, 1.165) is 21.0 Å². The van der Waals surface area contributed by atoms with Crippen molar-refractivity contribution in [2.75, 3.05) is 0 Å².